The first-order valence-electron chi connectivity index (χ1n) is 6.88. The van der Waals surface area contributed by atoms with Crippen molar-refractivity contribution in [3.8, 4) is 5.75 Å². The molecule has 1 aliphatic rings. The monoisotopic (exact) mass is 320 g/mol. The van der Waals surface area contributed by atoms with Crippen molar-refractivity contribution in [3.05, 3.63) is 34.8 Å². The van der Waals surface area contributed by atoms with Crippen molar-refractivity contribution in [3.63, 3.8) is 0 Å². The van der Waals surface area contributed by atoms with Gasteiger partial charge in [-0.05, 0) is 26.0 Å². The molecule has 116 valence electrons. The Morgan fingerprint density at radius 2 is 2.32 bits per heavy atom. The van der Waals surface area contributed by atoms with Gasteiger partial charge in [0.2, 0.25) is 0 Å². The number of aryl methyl sites for hydroxylation is 1. The lowest BCUT2D eigenvalue weighted by atomic mass is 10.1. The van der Waals surface area contributed by atoms with Crippen molar-refractivity contribution >= 4 is 28.1 Å². The van der Waals surface area contributed by atoms with E-state index in [-0.39, 0.29) is 18.2 Å². The number of aliphatic hydroxyl groups excluding tert-OH is 1. The molecule has 2 heterocycles. The standard InChI is InChI=1S/C15H16N2O4S/c1-8-6-16-15(22-8)17-11-5-3-4-10(14(19)20)13(11)21-7-12(17)9(2)18/h3-6,9,12,18H,7H2,1-2H3,(H,19,20). The smallest absolute Gasteiger partial charge is 0.339 e. The maximum atomic E-state index is 11.4. The third kappa shape index (κ3) is 2.42. The number of thiazole rings is 1. The predicted octanol–water partition coefficient (Wildman–Crippen LogP) is 2.43. The number of hydrogen-bond acceptors (Lipinski definition) is 6. The molecule has 6 nitrogen and oxygen atoms in total. The Hall–Kier alpha value is -2.12. The topological polar surface area (TPSA) is 82.9 Å². The zero-order valence-corrected chi connectivity index (χ0v) is 13.0. The Morgan fingerprint density at radius 1 is 1.55 bits per heavy atom. The predicted molar refractivity (Wildman–Crippen MR) is 83.4 cm³/mol. The lowest BCUT2D eigenvalue weighted by molar-refractivity contribution is 0.0688. The summed E-state index contributed by atoms with van der Waals surface area (Å²) >= 11 is 1.49. The first-order valence-corrected chi connectivity index (χ1v) is 7.69. The van der Waals surface area contributed by atoms with Gasteiger partial charge in [0, 0.05) is 11.1 Å². The summed E-state index contributed by atoms with van der Waals surface area (Å²) in [6, 6.07) is 4.65. The molecule has 3 rings (SSSR count). The molecule has 0 bridgehead atoms. The van der Waals surface area contributed by atoms with Gasteiger partial charge in [-0.25, -0.2) is 9.78 Å². The Morgan fingerprint density at radius 3 is 2.91 bits per heavy atom. The summed E-state index contributed by atoms with van der Waals surface area (Å²) in [5.41, 5.74) is 0.728. The molecule has 0 saturated carbocycles. The van der Waals surface area contributed by atoms with Gasteiger partial charge in [-0.2, -0.15) is 0 Å². The van der Waals surface area contributed by atoms with Crippen LogP contribution >= 0.6 is 11.3 Å². The van der Waals surface area contributed by atoms with Crippen molar-refractivity contribution in [1.82, 2.24) is 4.98 Å². The summed E-state index contributed by atoms with van der Waals surface area (Å²) in [4.78, 5) is 18.7. The van der Waals surface area contributed by atoms with Crippen LogP contribution in [0.5, 0.6) is 5.75 Å². The Kier molecular flexibility index (Phi) is 3.76. The Balaban J connectivity index is 2.16. The van der Waals surface area contributed by atoms with E-state index in [1.165, 1.54) is 17.4 Å². The van der Waals surface area contributed by atoms with Gasteiger partial charge in [-0.1, -0.05) is 6.07 Å². The number of aliphatic hydroxyl groups is 1. The van der Waals surface area contributed by atoms with Crippen LogP contribution in [0.25, 0.3) is 0 Å². The molecule has 0 saturated heterocycles. The van der Waals surface area contributed by atoms with Gasteiger partial charge < -0.3 is 19.8 Å². The van der Waals surface area contributed by atoms with Gasteiger partial charge in [-0.3, -0.25) is 0 Å². The van der Waals surface area contributed by atoms with Crippen molar-refractivity contribution < 1.29 is 19.7 Å². The average molecular weight is 320 g/mol. The van der Waals surface area contributed by atoms with Crippen LogP contribution < -0.4 is 9.64 Å². The van der Waals surface area contributed by atoms with Crippen LogP contribution in [-0.2, 0) is 0 Å². The van der Waals surface area contributed by atoms with Gasteiger partial charge in [0.1, 0.15) is 12.2 Å². The van der Waals surface area contributed by atoms with Gasteiger partial charge in [0.05, 0.1) is 17.8 Å². The zero-order valence-electron chi connectivity index (χ0n) is 12.2. The SMILES string of the molecule is Cc1cnc(N2c3cccc(C(=O)O)c3OCC2C(C)O)s1. The molecule has 1 aromatic carbocycles. The lowest BCUT2D eigenvalue weighted by Crippen LogP contribution is -2.47. The molecule has 2 aromatic rings. The van der Waals surface area contributed by atoms with Crippen LogP contribution in [0.15, 0.2) is 24.4 Å². The quantitative estimate of drug-likeness (QED) is 0.904. The molecule has 7 heteroatoms. The molecule has 22 heavy (non-hydrogen) atoms. The molecule has 0 amide bonds. The Labute approximate surface area is 131 Å². The number of carboxylic acid groups (broad SMARTS) is 1. The fraction of sp³-hybridized carbons (Fsp3) is 0.333. The number of fused-ring (bicyclic) bond motifs is 1. The number of carboxylic acids is 1. The van der Waals surface area contributed by atoms with Crippen molar-refractivity contribution in [2.24, 2.45) is 0 Å². The van der Waals surface area contributed by atoms with Crippen molar-refractivity contribution in [1.29, 1.82) is 0 Å². The number of rotatable bonds is 3. The second-order valence-electron chi connectivity index (χ2n) is 5.20. The van der Waals surface area contributed by atoms with Crippen LogP contribution in [0, 0.1) is 6.92 Å². The summed E-state index contributed by atoms with van der Waals surface area (Å²) < 4.78 is 5.64. The highest BCUT2D eigenvalue weighted by Crippen LogP contribution is 2.43. The molecular formula is C15H16N2O4S. The maximum Gasteiger partial charge on any atom is 0.339 e. The molecular weight excluding hydrogens is 304 g/mol. The van der Waals surface area contributed by atoms with E-state index in [0.717, 1.165) is 10.0 Å². The third-order valence-electron chi connectivity index (χ3n) is 3.59. The van der Waals surface area contributed by atoms with Gasteiger partial charge in [0.15, 0.2) is 10.9 Å². The lowest BCUT2D eigenvalue weighted by Gasteiger charge is -2.38. The van der Waals surface area contributed by atoms with Crippen molar-refractivity contribution in [2.75, 3.05) is 11.5 Å². The number of aromatic nitrogens is 1. The highest BCUT2D eigenvalue weighted by atomic mass is 32.1. The van der Waals surface area contributed by atoms with Gasteiger partial charge in [0.25, 0.3) is 0 Å². The number of carbonyl (C=O) groups is 1. The van der Waals surface area contributed by atoms with Crippen LogP contribution in [0.3, 0.4) is 0 Å². The summed E-state index contributed by atoms with van der Waals surface area (Å²) in [6.07, 6.45) is 1.11. The van der Waals surface area contributed by atoms with Crippen LogP contribution in [0.2, 0.25) is 0 Å². The maximum absolute atomic E-state index is 11.4. The molecule has 0 aliphatic carbocycles. The molecule has 0 spiro atoms. The number of para-hydroxylation sites is 1. The first kappa shape index (κ1) is 14.8. The summed E-state index contributed by atoms with van der Waals surface area (Å²) in [6.45, 7) is 3.84. The van der Waals surface area contributed by atoms with E-state index in [1.807, 2.05) is 11.8 Å². The zero-order chi connectivity index (χ0) is 15.9. The van der Waals surface area contributed by atoms with E-state index in [0.29, 0.717) is 11.4 Å². The number of anilines is 2. The molecule has 2 atom stereocenters. The molecule has 0 radical (unpaired) electrons. The third-order valence-corrected chi connectivity index (χ3v) is 4.50. The highest BCUT2D eigenvalue weighted by molar-refractivity contribution is 7.15. The van der Waals surface area contributed by atoms with Gasteiger partial charge in [-0.15, -0.1) is 11.3 Å². The first-order chi connectivity index (χ1) is 10.5. The summed E-state index contributed by atoms with van der Waals surface area (Å²) in [5.74, 6) is -0.720. The number of hydrogen-bond donors (Lipinski definition) is 2. The number of ether oxygens (including phenoxy) is 1. The molecule has 2 N–H and O–H groups in total. The van der Waals surface area contributed by atoms with Crippen molar-refractivity contribution in [2.45, 2.75) is 26.0 Å². The minimum Gasteiger partial charge on any atom is -0.488 e. The highest BCUT2D eigenvalue weighted by Gasteiger charge is 2.35. The number of benzene rings is 1. The largest absolute Gasteiger partial charge is 0.488 e. The molecule has 1 aromatic heterocycles. The van der Waals surface area contributed by atoms with E-state index in [2.05, 4.69) is 4.98 Å². The van der Waals surface area contributed by atoms with E-state index >= 15 is 0 Å². The van der Waals surface area contributed by atoms with E-state index < -0.39 is 12.1 Å². The number of aromatic carboxylic acids is 1. The van der Waals surface area contributed by atoms with E-state index in [1.54, 1.807) is 25.3 Å². The molecule has 2 unspecified atom stereocenters. The van der Waals surface area contributed by atoms with E-state index in [4.69, 9.17) is 4.74 Å². The number of nitrogens with zero attached hydrogens (tertiary/aromatic N) is 2. The van der Waals surface area contributed by atoms with Crippen LogP contribution in [-0.4, -0.2) is 39.9 Å². The fourth-order valence-electron chi connectivity index (χ4n) is 2.51. The fourth-order valence-corrected chi connectivity index (χ4v) is 3.34. The average Bonchev–Trinajstić information content (AvgIpc) is 2.91. The van der Waals surface area contributed by atoms with E-state index in [9.17, 15) is 15.0 Å². The summed E-state index contributed by atoms with van der Waals surface area (Å²) in [7, 11) is 0. The minimum absolute atomic E-state index is 0.111. The van der Waals surface area contributed by atoms with Crippen LogP contribution in [0.4, 0.5) is 10.8 Å². The second-order valence-corrected chi connectivity index (χ2v) is 6.41. The van der Waals surface area contributed by atoms with Crippen LogP contribution in [0.1, 0.15) is 22.2 Å². The second kappa shape index (κ2) is 5.58. The minimum atomic E-state index is -1.04. The molecule has 0 fully saturated rings. The summed E-state index contributed by atoms with van der Waals surface area (Å²) in [5, 5.41) is 20.1. The Bertz CT molecular complexity index is 713. The normalized spacial score (nSPS) is 18.5. The molecule has 1 aliphatic heterocycles. The van der Waals surface area contributed by atoms with Gasteiger partial charge >= 0.3 is 5.97 Å².